The maximum atomic E-state index is 11.4. The van der Waals surface area contributed by atoms with Crippen molar-refractivity contribution in [3.8, 4) is 5.75 Å². The quantitative estimate of drug-likeness (QED) is 0.454. The smallest absolute Gasteiger partial charge is 0.325 e. The molecule has 0 aliphatic carbocycles. The van der Waals surface area contributed by atoms with Crippen LogP contribution in [0.2, 0.25) is 0 Å². The van der Waals surface area contributed by atoms with Gasteiger partial charge in [-0.15, -0.1) is 11.8 Å². The predicted octanol–water partition coefficient (Wildman–Crippen LogP) is 2.85. The van der Waals surface area contributed by atoms with Crippen LogP contribution in [0.3, 0.4) is 0 Å². The third-order valence-electron chi connectivity index (χ3n) is 3.07. The molecule has 0 fully saturated rings. The van der Waals surface area contributed by atoms with Crippen LogP contribution in [0.1, 0.15) is 26.2 Å². The number of ether oxygens (including phenoxy) is 2. The molecule has 0 aliphatic rings. The van der Waals surface area contributed by atoms with Crippen LogP contribution in [0.4, 0.5) is 0 Å². The zero-order chi connectivity index (χ0) is 15.0. The molecule has 0 amide bonds. The Labute approximate surface area is 125 Å². The summed E-state index contributed by atoms with van der Waals surface area (Å²) in [5.41, 5.74) is 5.03. The summed E-state index contributed by atoms with van der Waals surface area (Å²) in [5.74, 6) is 1.52. The summed E-state index contributed by atoms with van der Waals surface area (Å²) in [6.45, 7) is 1.72. The second kappa shape index (κ2) is 8.17. The minimum Gasteiger partial charge on any atom is -0.497 e. The molecule has 1 aromatic rings. The molecule has 0 radical (unpaired) electrons. The first kappa shape index (κ1) is 16.9. The molecule has 0 aromatic heterocycles. The summed E-state index contributed by atoms with van der Waals surface area (Å²) in [7, 11) is 3.03. The molecule has 4 nitrogen and oxygen atoms in total. The highest BCUT2D eigenvalue weighted by Crippen LogP contribution is 2.23. The fourth-order valence-corrected chi connectivity index (χ4v) is 2.70. The lowest BCUT2D eigenvalue weighted by atomic mass is 9.97. The van der Waals surface area contributed by atoms with Gasteiger partial charge < -0.3 is 15.2 Å². The van der Waals surface area contributed by atoms with Crippen molar-refractivity contribution in [2.45, 2.75) is 36.6 Å². The summed E-state index contributed by atoms with van der Waals surface area (Å²) >= 11 is 1.79. The number of carbonyl (C=O) groups excluding carboxylic acids is 1. The molecule has 20 heavy (non-hydrogen) atoms. The van der Waals surface area contributed by atoms with Crippen LogP contribution >= 0.6 is 11.8 Å². The van der Waals surface area contributed by atoms with Crippen LogP contribution in [0.25, 0.3) is 0 Å². The molecule has 0 spiro atoms. The molecule has 1 unspecified atom stereocenters. The number of methoxy groups -OCH3 is 2. The van der Waals surface area contributed by atoms with Crippen LogP contribution in [0.5, 0.6) is 5.75 Å². The number of thioether (sulfide) groups is 1. The Bertz CT molecular complexity index is 418. The van der Waals surface area contributed by atoms with E-state index in [1.165, 1.54) is 12.0 Å². The van der Waals surface area contributed by atoms with Gasteiger partial charge in [-0.1, -0.05) is 6.42 Å². The van der Waals surface area contributed by atoms with E-state index in [2.05, 4.69) is 4.74 Å². The molecule has 0 bridgehead atoms. The molecule has 1 aromatic carbocycles. The van der Waals surface area contributed by atoms with Gasteiger partial charge in [0, 0.05) is 4.90 Å². The Morgan fingerprint density at radius 1 is 1.25 bits per heavy atom. The number of hydrogen-bond acceptors (Lipinski definition) is 5. The second-order valence-corrected chi connectivity index (χ2v) is 6.06. The van der Waals surface area contributed by atoms with Gasteiger partial charge in [-0.2, -0.15) is 0 Å². The zero-order valence-corrected chi connectivity index (χ0v) is 13.2. The Balaban J connectivity index is 2.23. The topological polar surface area (TPSA) is 61.5 Å². The number of nitrogens with two attached hydrogens (primary N) is 1. The van der Waals surface area contributed by atoms with Crippen molar-refractivity contribution >= 4 is 17.7 Å². The SMILES string of the molecule is COC(=O)C(C)(N)CCCCSc1ccc(OC)cc1. The third kappa shape index (κ3) is 5.43. The fraction of sp³-hybridized carbons (Fsp3) is 0.533. The third-order valence-corrected chi connectivity index (χ3v) is 4.17. The minimum absolute atomic E-state index is 0.347. The summed E-state index contributed by atoms with van der Waals surface area (Å²) in [4.78, 5) is 12.6. The van der Waals surface area contributed by atoms with E-state index < -0.39 is 5.54 Å². The number of hydrogen-bond donors (Lipinski definition) is 1. The molecule has 0 saturated heterocycles. The number of benzene rings is 1. The summed E-state index contributed by atoms with van der Waals surface area (Å²) < 4.78 is 9.80. The molecular weight excluding hydrogens is 274 g/mol. The van der Waals surface area contributed by atoms with Crippen molar-refractivity contribution in [1.29, 1.82) is 0 Å². The van der Waals surface area contributed by atoms with Gasteiger partial charge in [0.05, 0.1) is 14.2 Å². The number of rotatable bonds is 8. The number of unbranched alkanes of at least 4 members (excludes halogenated alkanes) is 1. The van der Waals surface area contributed by atoms with Crippen LogP contribution in [0, 0.1) is 0 Å². The molecule has 2 N–H and O–H groups in total. The fourth-order valence-electron chi connectivity index (χ4n) is 1.79. The summed E-state index contributed by atoms with van der Waals surface area (Å²) in [6, 6.07) is 8.00. The van der Waals surface area contributed by atoms with Crippen molar-refractivity contribution in [2.24, 2.45) is 5.73 Å². The molecule has 0 heterocycles. The maximum absolute atomic E-state index is 11.4. The van der Waals surface area contributed by atoms with E-state index in [1.54, 1.807) is 25.8 Å². The Morgan fingerprint density at radius 2 is 1.90 bits per heavy atom. The zero-order valence-electron chi connectivity index (χ0n) is 12.3. The maximum Gasteiger partial charge on any atom is 0.325 e. The Morgan fingerprint density at radius 3 is 2.45 bits per heavy atom. The molecule has 1 rings (SSSR count). The second-order valence-electron chi connectivity index (χ2n) is 4.89. The lowest BCUT2D eigenvalue weighted by molar-refractivity contribution is -0.146. The van der Waals surface area contributed by atoms with Crippen molar-refractivity contribution in [3.63, 3.8) is 0 Å². The van der Waals surface area contributed by atoms with Gasteiger partial charge >= 0.3 is 5.97 Å². The van der Waals surface area contributed by atoms with Crippen LogP contribution in [-0.4, -0.2) is 31.5 Å². The Hall–Kier alpha value is -1.20. The number of esters is 1. The highest BCUT2D eigenvalue weighted by molar-refractivity contribution is 7.99. The van der Waals surface area contributed by atoms with E-state index >= 15 is 0 Å². The average Bonchev–Trinajstić information content (AvgIpc) is 2.46. The van der Waals surface area contributed by atoms with E-state index in [-0.39, 0.29) is 5.97 Å². The highest BCUT2D eigenvalue weighted by Gasteiger charge is 2.28. The van der Waals surface area contributed by atoms with Crippen molar-refractivity contribution in [1.82, 2.24) is 0 Å². The van der Waals surface area contributed by atoms with Gasteiger partial charge in [-0.25, -0.2) is 0 Å². The van der Waals surface area contributed by atoms with E-state index in [1.807, 2.05) is 24.3 Å². The van der Waals surface area contributed by atoms with Crippen molar-refractivity contribution in [2.75, 3.05) is 20.0 Å². The van der Waals surface area contributed by atoms with Gasteiger partial charge in [0.25, 0.3) is 0 Å². The monoisotopic (exact) mass is 297 g/mol. The highest BCUT2D eigenvalue weighted by atomic mass is 32.2. The molecule has 0 aliphatic heterocycles. The van der Waals surface area contributed by atoms with Crippen molar-refractivity contribution < 1.29 is 14.3 Å². The van der Waals surface area contributed by atoms with Gasteiger partial charge in [0.2, 0.25) is 0 Å². The Kier molecular flexibility index (Phi) is 6.88. The lowest BCUT2D eigenvalue weighted by Crippen LogP contribution is -2.45. The van der Waals surface area contributed by atoms with Crippen LogP contribution in [0.15, 0.2) is 29.2 Å². The predicted molar refractivity (Wildman–Crippen MR) is 82.2 cm³/mol. The molecule has 1 atom stereocenters. The van der Waals surface area contributed by atoms with Crippen LogP contribution in [-0.2, 0) is 9.53 Å². The van der Waals surface area contributed by atoms with Gasteiger partial charge in [0.1, 0.15) is 11.3 Å². The average molecular weight is 297 g/mol. The van der Waals surface area contributed by atoms with Gasteiger partial charge in [0.15, 0.2) is 0 Å². The first-order valence-corrected chi connectivity index (χ1v) is 7.62. The molecule has 5 heteroatoms. The number of carbonyl (C=O) groups is 1. The first-order chi connectivity index (χ1) is 9.49. The summed E-state index contributed by atoms with van der Waals surface area (Å²) in [5, 5.41) is 0. The van der Waals surface area contributed by atoms with Crippen LogP contribution < -0.4 is 10.5 Å². The van der Waals surface area contributed by atoms with E-state index in [9.17, 15) is 4.79 Å². The molecule has 0 saturated carbocycles. The molecule has 112 valence electrons. The summed E-state index contributed by atoms with van der Waals surface area (Å²) in [6.07, 6.45) is 2.56. The molecular formula is C15H23NO3S. The van der Waals surface area contributed by atoms with E-state index in [4.69, 9.17) is 10.5 Å². The first-order valence-electron chi connectivity index (χ1n) is 6.64. The van der Waals surface area contributed by atoms with Gasteiger partial charge in [-0.3, -0.25) is 4.79 Å². The van der Waals surface area contributed by atoms with E-state index in [0.29, 0.717) is 6.42 Å². The van der Waals surface area contributed by atoms with Gasteiger partial charge in [-0.05, 0) is 49.8 Å². The van der Waals surface area contributed by atoms with E-state index in [0.717, 1.165) is 24.3 Å². The normalized spacial score (nSPS) is 13.6. The largest absolute Gasteiger partial charge is 0.497 e. The lowest BCUT2D eigenvalue weighted by Gasteiger charge is -2.20. The minimum atomic E-state index is -0.875. The van der Waals surface area contributed by atoms with Crippen molar-refractivity contribution in [3.05, 3.63) is 24.3 Å². The standard InChI is InChI=1S/C15H23NO3S/c1-15(16,14(17)19-3)10-4-5-11-20-13-8-6-12(18-2)7-9-13/h6-9H,4-5,10-11,16H2,1-3H3.